The fourth-order valence-corrected chi connectivity index (χ4v) is 2.23. The van der Waals surface area contributed by atoms with Crippen LogP contribution in [-0.4, -0.2) is 4.05 Å². The van der Waals surface area contributed by atoms with Crippen molar-refractivity contribution in [3.8, 4) is 0 Å². The highest BCUT2D eigenvalue weighted by molar-refractivity contribution is 14.1. The first-order valence-electron chi connectivity index (χ1n) is 4.71. The minimum atomic E-state index is -0.0225. The van der Waals surface area contributed by atoms with Gasteiger partial charge in [-0.2, -0.15) is 0 Å². The van der Waals surface area contributed by atoms with Crippen LogP contribution in [0, 0.1) is 10.8 Å². The number of nitroso groups, excluding NO2 is 1. The Bertz CT molecular complexity index is 113. The van der Waals surface area contributed by atoms with Gasteiger partial charge >= 0.3 is 0 Å². The Hall–Kier alpha value is 0.330. The summed E-state index contributed by atoms with van der Waals surface area (Å²) in [5.41, 5.74) is 0. The molecule has 0 amide bonds. The van der Waals surface area contributed by atoms with Crippen molar-refractivity contribution in [2.45, 2.75) is 50.0 Å². The molecule has 0 aliphatic rings. The Morgan fingerprint density at radius 2 is 1.75 bits per heavy atom. The van der Waals surface area contributed by atoms with Crippen LogP contribution in [0.2, 0.25) is 0 Å². The third-order valence-corrected chi connectivity index (χ3v) is 2.77. The molecule has 12 heavy (non-hydrogen) atoms. The SMILES string of the molecule is CCCC(CCC)CC(I)N=O. The number of nitrogens with zero attached hydrogens (tertiary/aromatic N) is 1. The van der Waals surface area contributed by atoms with Gasteiger partial charge in [-0.1, -0.05) is 67.3 Å². The molecule has 0 fully saturated rings. The lowest BCUT2D eigenvalue weighted by molar-refractivity contribution is 0.412. The van der Waals surface area contributed by atoms with Crippen LogP contribution in [-0.2, 0) is 0 Å². The molecule has 0 aliphatic heterocycles. The van der Waals surface area contributed by atoms with E-state index in [0.717, 1.165) is 6.42 Å². The molecule has 72 valence electrons. The summed E-state index contributed by atoms with van der Waals surface area (Å²) in [5, 5.41) is 3.03. The largest absolute Gasteiger partial charge is 0.150 e. The zero-order valence-corrected chi connectivity index (χ0v) is 10.1. The van der Waals surface area contributed by atoms with E-state index in [1.807, 2.05) is 0 Å². The van der Waals surface area contributed by atoms with Crippen molar-refractivity contribution < 1.29 is 0 Å². The number of hydrogen-bond acceptors (Lipinski definition) is 2. The van der Waals surface area contributed by atoms with Crippen molar-refractivity contribution in [3.63, 3.8) is 0 Å². The Balaban J connectivity index is 3.68. The zero-order chi connectivity index (χ0) is 9.40. The Labute approximate surface area is 88.6 Å². The predicted octanol–water partition coefficient (Wildman–Crippen LogP) is 4.12. The Morgan fingerprint density at radius 3 is 2.08 bits per heavy atom. The highest BCUT2D eigenvalue weighted by Gasteiger charge is 2.12. The van der Waals surface area contributed by atoms with Crippen molar-refractivity contribution in [1.82, 2.24) is 0 Å². The number of alkyl halides is 1. The maximum Gasteiger partial charge on any atom is 0.143 e. The van der Waals surface area contributed by atoms with Gasteiger partial charge in [0.05, 0.1) is 0 Å². The summed E-state index contributed by atoms with van der Waals surface area (Å²) in [6.07, 6.45) is 5.87. The minimum Gasteiger partial charge on any atom is -0.150 e. The van der Waals surface area contributed by atoms with E-state index in [-0.39, 0.29) is 4.05 Å². The highest BCUT2D eigenvalue weighted by atomic mass is 127. The molecule has 0 aromatic carbocycles. The van der Waals surface area contributed by atoms with Crippen molar-refractivity contribution in [2.75, 3.05) is 0 Å². The topological polar surface area (TPSA) is 29.4 Å². The van der Waals surface area contributed by atoms with Crippen LogP contribution in [0.4, 0.5) is 0 Å². The van der Waals surface area contributed by atoms with E-state index in [1.54, 1.807) is 0 Å². The Kier molecular flexibility index (Phi) is 8.17. The molecule has 0 aliphatic carbocycles. The summed E-state index contributed by atoms with van der Waals surface area (Å²) in [5.74, 6) is 0.708. The van der Waals surface area contributed by atoms with E-state index < -0.39 is 0 Å². The number of rotatable bonds is 7. The molecular weight excluding hydrogens is 265 g/mol. The lowest BCUT2D eigenvalue weighted by Crippen LogP contribution is -2.05. The maximum atomic E-state index is 10.2. The van der Waals surface area contributed by atoms with Gasteiger partial charge in [0.2, 0.25) is 0 Å². The third-order valence-electron chi connectivity index (χ3n) is 2.04. The fourth-order valence-electron chi connectivity index (χ4n) is 1.51. The lowest BCUT2D eigenvalue weighted by atomic mass is 9.95. The average Bonchev–Trinajstić information content (AvgIpc) is 2.05. The monoisotopic (exact) mass is 283 g/mol. The highest BCUT2D eigenvalue weighted by Crippen LogP contribution is 2.23. The van der Waals surface area contributed by atoms with Gasteiger partial charge in [-0.05, 0) is 12.3 Å². The second-order valence-corrected chi connectivity index (χ2v) is 4.66. The summed E-state index contributed by atoms with van der Waals surface area (Å²) in [7, 11) is 0. The molecule has 0 saturated carbocycles. The summed E-state index contributed by atoms with van der Waals surface area (Å²) < 4.78 is -0.0225. The van der Waals surface area contributed by atoms with E-state index in [9.17, 15) is 4.91 Å². The normalized spacial score (nSPS) is 13.3. The first-order chi connectivity index (χ1) is 5.74. The fraction of sp³-hybridized carbons (Fsp3) is 1.00. The molecule has 0 aromatic rings. The van der Waals surface area contributed by atoms with E-state index >= 15 is 0 Å². The van der Waals surface area contributed by atoms with Crippen LogP contribution in [0.25, 0.3) is 0 Å². The zero-order valence-electron chi connectivity index (χ0n) is 7.92. The number of halogens is 1. The van der Waals surface area contributed by atoms with Crippen LogP contribution in [0.5, 0.6) is 0 Å². The van der Waals surface area contributed by atoms with Gasteiger partial charge in [0.25, 0.3) is 0 Å². The molecule has 0 bridgehead atoms. The van der Waals surface area contributed by atoms with Crippen molar-refractivity contribution in [2.24, 2.45) is 11.1 Å². The third kappa shape index (κ3) is 5.91. The molecule has 0 heterocycles. The van der Waals surface area contributed by atoms with Crippen LogP contribution < -0.4 is 0 Å². The van der Waals surface area contributed by atoms with Gasteiger partial charge in [0, 0.05) is 0 Å². The van der Waals surface area contributed by atoms with E-state index in [0.29, 0.717) is 5.92 Å². The quantitative estimate of drug-likeness (QED) is 0.299. The molecule has 0 saturated heterocycles. The van der Waals surface area contributed by atoms with Crippen LogP contribution in [0.3, 0.4) is 0 Å². The van der Waals surface area contributed by atoms with Crippen molar-refractivity contribution >= 4 is 22.6 Å². The molecule has 0 radical (unpaired) electrons. The van der Waals surface area contributed by atoms with E-state index in [1.165, 1.54) is 25.7 Å². The lowest BCUT2D eigenvalue weighted by Gasteiger charge is -2.14. The van der Waals surface area contributed by atoms with Crippen molar-refractivity contribution in [1.29, 1.82) is 0 Å². The smallest absolute Gasteiger partial charge is 0.143 e. The first kappa shape index (κ1) is 12.3. The Morgan fingerprint density at radius 1 is 1.25 bits per heavy atom. The molecule has 1 atom stereocenters. The molecule has 0 aromatic heterocycles. The summed E-state index contributed by atoms with van der Waals surface area (Å²) in [6.45, 7) is 4.39. The van der Waals surface area contributed by atoms with Gasteiger partial charge in [-0.3, -0.25) is 0 Å². The van der Waals surface area contributed by atoms with Gasteiger partial charge in [0.1, 0.15) is 4.05 Å². The van der Waals surface area contributed by atoms with Gasteiger partial charge in [-0.25, -0.2) is 0 Å². The van der Waals surface area contributed by atoms with E-state index in [4.69, 9.17) is 0 Å². The first-order valence-corrected chi connectivity index (χ1v) is 5.95. The molecule has 3 heteroatoms. The predicted molar refractivity (Wildman–Crippen MR) is 61.5 cm³/mol. The summed E-state index contributed by atoms with van der Waals surface area (Å²) in [6, 6.07) is 0. The molecule has 0 N–H and O–H groups in total. The number of hydrogen-bond donors (Lipinski definition) is 0. The molecular formula is C9H18INO. The van der Waals surface area contributed by atoms with Gasteiger partial charge in [-0.15, -0.1) is 4.91 Å². The standard InChI is InChI=1S/C9H18INO/c1-3-5-8(6-4-2)7-9(10)11-12/h8-9H,3-7H2,1-2H3. The molecule has 0 spiro atoms. The van der Waals surface area contributed by atoms with Crippen LogP contribution in [0.1, 0.15) is 46.0 Å². The van der Waals surface area contributed by atoms with Crippen molar-refractivity contribution in [3.05, 3.63) is 4.91 Å². The summed E-state index contributed by atoms with van der Waals surface area (Å²) in [4.78, 5) is 10.2. The average molecular weight is 283 g/mol. The molecule has 2 nitrogen and oxygen atoms in total. The second kappa shape index (κ2) is 7.95. The minimum absolute atomic E-state index is 0.0225. The van der Waals surface area contributed by atoms with Gasteiger partial charge in [0.15, 0.2) is 0 Å². The molecule has 0 rings (SSSR count). The maximum absolute atomic E-state index is 10.2. The second-order valence-electron chi connectivity index (χ2n) is 3.22. The van der Waals surface area contributed by atoms with Gasteiger partial charge < -0.3 is 0 Å². The summed E-state index contributed by atoms with van der Waals surface area (Å²) >= 11 is 2.12. The van der Waals surface area contributed by atoms with Crippen LogP contribution >= 0.6 is 22.6 Å². The molecule has 1 unspecified atom stereocenters. The van der Waals surface area contributed by atoms with E-state index in [2.05, 4.69) is 41.6 Å². The van der Waals surface area contributed by atoms with Crippen LogP contribution in [0.15, 0.2) is 5.18 Å².